The molecule has 2 aromatic rings. The molecule has 6 nitrogen and oxygen atoms in total. The number of carbonyl (C=O) groups excluding carboxylic acids is 1. The Morgan fingerprint density at radius 1 is 1.30 bits per heavy atom. The molecule has 1 saturated heterocycles. The first-order chi connectivity index (χ1) is 11.3. The molecule has 0 bridgehead atoms. The van der Waals surface area contributed by atoms with Gasteiger partial charge in [0, 0.05) is 38.1 Å². The van der Waals surface area contributed by atoms with Crippen LogP contribution in [0.25, 0.3) is 0 Å². The van der Waals surface area contributed by atoms with Gasteiger partial charge in [0.2, 0.25) is 0 Å². The fourth-order valence-electron chi connectivity index (χ4n) is 2.69. The Labute approximate surface area is 136 Å². The van der Waals surface area contributed by atoms with E-state index in [1.54, 1.807) is 18.5 Å². The highest BCUT2D eigenvalue weighted by atomic mass is 16.3. The van der Waals surface area contributed by atoms with Crippen LogP contribution in [-0.4, -0.2) is 53.4 Å². The van der Waals surface area contributed by atoms with Gasteiger partial charge in [0.05, 0.1) is 12.8 Å². The van der Waals surface area contributed by atoms with E-state index < -0.39 is 0 Å². The summed E-state index contributed by atoms with van der Waals surface area (Å²) in [6.45, 7) is 7.15. The van der Waals surface area contributed by atoms with Gasteiger partial charge >= 0.3 is 0 Å². The largest absolute Gasteiger partial charge is 0.467 e. The van der Waals surface area contributed by atoms with Gasteiger partial charge in [0.1, 0.15) is 11.5 Å². The normalized spacial score (nSPS) is 15.6. The number of carbonyl (C=O) groups is 1. The van der Waals surface area contributed by atoms with Crippen LogP contribution in [0.2, 0.25) is 0 Å². The summed E-state index contributed by atoms with van der Waals surface area (Å²) in [7, 11) is 0. The minimum atomic E-state index is 0.00222. The molecule has 1 fully saturated rings. The van der Waals surface area contributed by atoms with Crippen molar-refractivity contribution in [2.24, 2.45) is 0 Å². The van der Waals surface area contributed by atoms with E-state index in [0.717, 1.165) is 44.2 Å². The van der Waals surface area contributed by atoms with Crippen LogP contribution in [-0.2, 0) is 6.54 Å². The summed E-state index contributed by atoms with van der Waals surface area (Å²) in [5, 5.41) is 3.25. The summed E-state index contributed by atoms with van der Waals surface area (Å²) in [4.78, 5) is 21.0. The first-order valence-electron chi connectivity index (χ1n) is 8.00. The summed E-state index contributed by atoms with van der Waals surface area (Å²) in [5.74, 6) is 0.854. The molecule has 1 amide bonds. The van der Waals surface area contributed by atoms with Gasteiger partial charge in [-0.25, -0.2) is 0 Å². The molecule has 122 valence electrons. The van der Waals surface area contributed by atoms with E-state index in [4.69, 9.17) is 4.42 Å². The number of furan rings is 1. The molecule has 2 aromatic heterocycles. The van der Waals surface area contributed by atoms with Crippen molar-refractivity contribution in [3.8, 4) is 0 Å². The van der Waals surface area contributed by atoms with Crippen LogP contribution >= 0.6 is 0 Å². The average Bonchev–Trinajstić information content (AvgIpc) is 3.13. The Morgan fingerprint density at radius 3 is 2.83 bits per heavy atom. The third kappa shape index (κ3) is 3.90. The van der Waals surface area contributed by atoms with E-state index in [-0.39, 0.29) is 5.91 Å². The lowest BCUT2D eigenvalue weighted by molar-refractivity contribution is 0.0637. The molecule has 1 aliphatic heterocycles. The van der Waals surface area contributed by atoms with Crippen molar-refractivity contribution in [2.45, 2.75) is 13.5 Å². The minimum Gasteiger partial charge on any atom is -0.467 e. The van der Waals surface area contributed by atoms with Crippen molar-refractivity contribution < 1.29 is 9.21 Å². The third-order valence-corrected chi connectivity index (χ3v) is 4.13. The van der Waals surface area contributed by atoms with Crippen molar-refractivity contribution in [2.75, 3.05) is 38.0 Å². The molecule has 3 rings (SSSR count). The molecule has 0 aromatic carbocycles. The molecular formula is C17H22N4O2. The number of anilines is 1. The molecular weight excluding hydrogens is 292 g/mol. The molecule has 6 heteroatoms. The average molecular weight is 314 g/mol. The number of pyridine rings is 1. The molecule has 1 N–H and O–H groups in total. The number of piperazine rings is 1. The van der Waals surface area contributed by atoms with Crippen molar-refractivity contribution >= 4 is 11.6 Å². The zero-order chi connectivity index (χ0) is 16.1. The standard InChI is InChI=1S/C17H22N4O2/c1-2-20-7-9-21(10-8-20)17(22)16-12-14(5-6-18-16)19-13-15-4-3-11-23-15/h3-6,11-12H,2,7-10,13H2,1H3,(H,18,19). The van der Waals surface area contributed by atoms with Crippen molar-refractivity contribution in [1.29, 1.82) is 0 Å². The van der Waals surface area contributed by atoms with Crippen LogP contribution in [0.15, 0.2) is 41.1 Å². The topological polar surface area (TPSA) is 61.6 Å². The van der Waals surface area contributed by atoms with Gasteiger partial charge in [-0.3, -0.25) is 9.78 Å². The molecule has 0 radical (unpaired) electrons. The number of aromatic nitrogens is 1. The Kier molecular flexibility index (Phi) is 4.92. The fourth-order valence-corrected chi connectivity index (χ4v) is 2.69. The molecule has 3 heterocycles. The molecule has 0 spiro atoms. The highest BCUT2D eigenvalue weighted by Gasteiger charge is 2.22. The predicted molar refractivity (Wildman–Crippen MR) is 88.3 cm³/mol. The Balaban J connectivity index is 1.61. The van der Waals surface area contributed by atoms with E-state index in [2.05, 4.69) is 22.1 Å². The second-order valence-corrected chi connectivity index (χ2v) is 5.59. The lowest BCUT2D eigenvalue weighted by atomic mass is 10.2. The smallest absolute Gasteiger partial charge is 0.272 e. The van der Waals surface area contributed by atoms with Crippen LogP contribution in [0.4, 0.5) is 5.69 Å². The van der Waals surface area contributed by atoms with E-state index in [1.165, 1.54) is 0 Å². The van der Waals surface area contributed by atoms with Crippen molar-refractivity contribution in [3.05, 3.63) is 48.2 Å². The monoisotopic (exact) mass is 314 g/mol. The third-order valence-electron chi connectivity index (χ3n) is 4.13. The van der Waals surface area contributed by atoms with E-state index in [0.29, 0.717) is 12.2 Å². The molecule has 0 atom stereocenters. The number of amides is 1. The molecule has 1 aliphatic rings. The van der Waals surface area contributed by atoms with Crippen molar-refractivity contribution in [3.63, 3.8) is 0 Å². The SMILES string of the molecule is CCN1CCN(C(=O)c2cc(NCc3ccco3)ccn2)CC1. The summed E-state index contributed by atoms with van der Waals surface area (Å²) in [6, 6.07) is 7.42. The van der Waals surface area contributed by atoms with Crippen molar-refractivity contribution in [1.82, 2.24) is 14.8 Å². The quantitative estimate of drug-likeness (QED) is 0.915. The Bertz CT molecular complexity index is 634. The second-order valence-electron chi connectivity index (χ2n) is 5.59. The van der Waals surface area contributed by atoms with Crippen LogP contribution < -0.4 is 5.32 Å². The summed E-state index contributed by atoms with van der Waals surface area (Å²) in [5.41, 5.74) is 1.35. The fraction of sp³-hybridized carbons (Fsp3) is 0.412. The second kappa shape index (κ2) is 7.28. The van der Waals surface area contributed by atoms with Gasteiger partial charge in [-0.15, -0.1) is 0 Å². The number of likely N-dealkylation sites (N-methyl/N-ethyl adjacent to an activating group) is 1. The van der Waals surface area contributed by atoms with Gasteiger partial charge in [0.25, 0.3) is 5.91 Å². The van der Waals surface area contributed by atoms with Crippen LogP contribution in [0, 0.1) is 0 Å². The maximum Gasteiger partial charge on any atom is 0.272 e. The number of nitrogens with one attached hydrogen (secondary N) is 1. The minimum absolute atomic E-state index is 0.00222. The lowest BCUT2D eigenvalue weighted by Gasteiger charge is -2.33. The van der Waals surface area contributed by atoms with Crippen LogP contribution in [0.3, 0.4) is 0 Å². The zero-order valence-electron chi connectivity index (χ0n) is 13.4. The van der Waals surface area contributed by atoms with Gasteiger partial charge in [-0.1, -0.05) is 6.92 Å². The van der Waals surface area contributed by atoms with E-state index in [1.807, 2.05) is 23.1 Å². The number of hydrogen-bond acceptors (Lipinski definition) is 5. The number of nitrogens with zero attached hydrogens (tertiary/aromatic N) is 3. The van der Waals surface area contributed by atoms with E-state index >= 15 is 0 Å². The Morgan fingerprint density at radius 2 is 2.13 bits per heavy atom. The predicted octanol–water partition coefficient (Wildman–Crippen LogP) is 2.06. The highest BCUT2D eigenvalue weighted by molar-refractivity contribution is 5.93. The van der Waals surface area contributed by atoms with Gasteiger partial charge < -0.3 is 19.5 Å². The first kappa shape index (κ1) is 15.6. The molecule has 0 aliphatic carbocycles. The van der Waals surface area contributed by atoms with Crippen LogP contribution in [0.5, 0.6) is 0 Å². The van der Waals surface area contributed by atoms with Gasteiger partial charge in [-0.2, -0.15) is 0 Å². The maximum absolute atomic E-state index is 12.6. The summed E-state index contributed by atoms with van der Waals surface area (Å²) >= 11 is 0. The first-order valence-corrected chi connectivity index (χ1v) is 8.00. The summed E-state index contributed by atoms with van der Waals surface area (Å²) in [6.07, 6.45) is 3.31. The molecule has 0 unspecified atom stereocenters. The highest BCUT2D eigenvalue weighted by Crippen LogP contribution is 2.13. The number of hydrogen-bond donors (Lipinski definition) is 1. The lowest BCUT2D eigenvalue weighted by Crippen LogP contribution is -2.48. The van der Waals surface area contributed by atoms with E-state index in [9.17, 15) is 4.79 Å². The summed E-state index contributed by atoms with van der Waals surface area (Å²) < 4.78 is 5.29. The van der Waals surface area contributed by atoms with Gasteiger partial charge in [-0.05, 0) is 30.8 Å². The van der Waals surface area contributed by atoms with Crippen LogP contribution in [0.1, 0.15) is 23.2 Å². The Hall–Kier alpha value is -2.34. The molecule has 0 saturated carbocycles. The van der Waals surface area contributed by atoms with Gasteiger partial charge in [0.15, 0.2) is 0 Å². The maximum atomic E-state index is 12.6. The molecule has 23 heavy (non-hydrogen) atoms. The number of rotatable bonds is 5. The zero-order valence-corrected chi connectivity index (χ0v) is 13.4.